The Hall–Kier alpha value is -4.26. The number of aldehydes is 1. The first-order chi connectivity index (χ1) is 15.6. The van der Waals surface area contributed by atoms with Crippen LogP contribution in [0.5, 0.6) is 0 Å². The van der Waals surface area contributed by atoms with Crippen LogP contribution >= 0.6 is 0 Å². The molecule has 1 aliphatic carbocycles. The second kappa shape index (κ2) is 9.26. The zero-order chi connectivity index (χ0) is 22.5. The van der Waals surface area contributed by atoms with E-state index in [2.05, 4.69) is 29.6 Å². The number of nitro groups is 1. The van der Waals surface area contributed by atoms with Crippen LogP contribution in [0.3, 0.4) is 0 Å². The van der Waals surface area contributed by atoms with Crippen LogP contribution in [-0.4, -0.2) is 30.5 Å². The van der Waals surface area contributed by atoms with Gasteiger partial charge in [-0.15, -0.1) is 0 Å². The molecule has 0 saturated heterocycles. The highest BCUT2D eigenvalue weighted by Gasteiger charge is 2.28. The molecule has 0 unspecified atom stereocenters. The Bertz CT molecular complexity index is 1170. The molecule has 32 heavy (non-hydrogen) atoms. The molecule has 0 aromatic heterocycles. The van der Waals surface area contributed by atoms with Gasteiger partial charge in [0, 0.05) is 18.5 Å². The van der Waals surface area contributed by atoms with E-state index >= 15 is 0 Å². The van der Waals surface area contributed by atoms with Gasteiger partial charge in [-0.2, -0.15) is 0 Å². The predicted octanol–water partition coefficient (Wildman–Crippen LogP) is 4.96. The number of alkyl carbamates (subject to hydrolysis) is 1. The smallest absolute Gasteiger partial charge is 0.407 e. The molecule has 1 aliphatic rings. The van der Waals surface area contributed by atoms with Gasteiger partial charge in [0.25, 0.3) is 5.69 Å². The molecular formula is C25H20N2O5. The van der Waals surface area contributed by atoms with Crippen LogP contribution in [-0.2, 0) is 4.74 Å². The summed E-state index contributed by atoms with van der Waals surface area (Å²) in [6.07, 6.45) is 3.19. The highest BCUT2D eigenvalue weighted by molar-refractivity contribution is 5.82. The maximum atomic E-state index is 12.2. The fraction of sp³-hybridized carbons (Fsp3) is 0.120. The van der Waals surface area contributed by atoms with E-state index in [1.165, 1.54) is 12.1 Å². The van der Waals surface area contributed by atoms with E-state index in [-0.39, 0.29) is 30.3 Å². The van der Waals surface area contributed by atoms with Crippen molar-refractivity contribution in [3.63, 3.8) is 0 Å². The van der Waals surface area contributed by atoms with E-state index in [4.69, 9.17) is 4.74 Å². The lowest BCUT2D eigenvalue weighted by Gasteiger charge is -2.14. The van der Waals surface area contributed by atoms with Crippen molar-refractivity contribution in [3.05, 3.63) is 105 Å². The minimum absolute atomic E-state index is 0.0134. The number of carbonyl (C=O) groups is 2. The molecule has 0 bridgehead atoms. The summed E-state index contributed by atoms with van der Waals surface area (Å²) in [5.74, 6) is -0.0134. The molecule has 7 nitrogen and oxygen atoms in total. The number of carbonyl (C=O) groups excluding carboxylic acids is 2. The second-order valence-corrected chi connectivity index (χ2v) is 7.30. The van der Waals surface area contributed by atoms with Crippen molar-refractivity contribution in [1.82, 2.24) is 5.32 Å². The zero-order valence-corrected chi connectivity index (χ0v) is 17.1. The van der Waals surface area contributed by atoms with E-state index < -0.39 is 11.0 Å². The third kappa shape index (κ3) is 4.27. The Labute approximate surface area is 184 Å². The quantitative estimate of drug-likeness (QED) is 0.326. The third-order valence-corrected chi connectivity index (χ3v) is 5.40. The van der Waals surface area contributed by atoms with E-state index in [1.54, 1.807) is 18.2 Å². The Morgan fingerprint density at radius 3 is 2.31 bits per heavy atom. The molecule has 0 radical (unpaired) electrons. The predicted molar refractivity (Wildman–Crippen MR) is 121 cm³/mol. The Balaban J connectivity index is 1.33. The molecule has 3 aromatic rings. The molecule has 0 fully saturated rings. The maximum Gasteiger partial charge on any atom is 0.407 e. The molecule has 0 atom stereocenters. The largest absolute Gasteiger partial charge is 0.449 e. The molecule has 0 spiro atoms. The average molecular weight is 428 g/mol. The summed E-state index contributed by atoms with van der Waals surface area (Å²) in [5.41, 5.74) is 4.92. The molecule has 3 aromatic carbocycles. The van der Waals surface area contributed by atoms with Crippen LogP contribution in [0.1, 0.15) is 33.0 Å². The second-order valence-electron chi connectivity index (χ2n) is 7.30. The van der Waals surface area contributed by atoms with Crippen molar-refractivity contribution >= 4 is 24.1 Å². The summed E-state index contributed by atoms with van der Waals surface area (Å²) < 4.78 is 5.46. The first-order valence-electron chi connectivity index (χ1n) is 10.1. The number of hydrogen-bond donors (Lipinski definition) is 1. The van der Waals surface area contributed by atoms with Gasteiger partial charge in [0.15, 0.2) is 6.29 Å². The zero-order valence-electron chi connectivity index (χ0n) is 17.1. The van der Waals surface area contributed by atoms with Gasteiger partial charge in [-0.05, 0) is 33.9 Å². The monoisotopic (exact) mass is 428 g/mol. The topological polar surface area (TPSA) is 98.5 Å². The van der Waals surface area contributed by atoms with E-state index in [0.717, 1.165) is 22.3 Å². The summed E-state index contributed by atoms with van der Waals surface area (Å²) in [6.45, 7) is 0.419. The molecule has 7 heteroatoms. The van der Waals surface area contributed by atoms with Crippen molar-refractivity contribution in [2.75, 3.05) is 13.2 Å². The van der Waals surface area contributed by atoms with Crippen LogP contribution < -0.4 is 5.32 Å². The number of amides is 1. The van der Waals surface area contributed by atoms with Gasteiger partial charge >= 0.3 is 6.09 Å². The van der Waals surface area contributed by atoms with Crippen LogP contribution in [0.25, 0.3) is 17.2 Å². The van der Waals surface area contributed by atoms with Gasteiger partial charge in [0.05, 0.1) is 10.5 Å². The fourth-order valence-corrected chi connectivity index (χ4v) is 3.91. The summed E-state index contributed by atoms with van der Waals surface area (Å²) >= 11 is 0. The van der Waals surface area contributed by atoms with Crippen LogP contribution in [0.2, 0.25) is 0 Å². The highest BCUT2D eigenvalue weighted by atomic mass is 16.6. The maximum absolute atomic E-state index is 12.2. The van der Waals surface area contributed by atoms with E-state index in [0.29, 0.717) is 11.8 Å². The summed E-state index contributed by atoms with van der Waals surface area (Å²) in [5, 5.41) is 13.7. The van der Waals surface area contributed by atoms with Crippen LogP contribution in [0, 0.1) is 10.1 Å². The molecule has 1 amide bonds. The van der Waals surface area contributed by atoms with E-state index in [9.17, 15) is 19.7 Å². The van der Waals surface area contributed by atoms with Gasteiger partial charge in [0.2, 0.25) is 0 Å². The summed E-state index contributed by atoms with van der Waals surface area (Å²) in [6, 6.07) is 20.5. The van der Waals surface area contributed by atoms with E-state index in [1.807, 2.05) is 24.3 Å². The SMILES string of the molecule is O=Cc1ccc(C=CCNC(=O)OCC2c3ccccc3-c3ccccc32)cc1[N+](=O)[O-]. The minimum Gasteiger partial charge on any atom is -0.449 e. The normalized spacial score (nSPS) is 12.2. The van der Waals surface area contributed by atoms with Gasteiger partial charge in [-0.25, -0.2) is 4.79 Å². The van der Waals surface area contributed by atoms with Crippen molar-refractivity contribution in [1.29, 1.82) is 0 Å². The fourth-order valence-electron chi connectivity index (χ4n) is 3.91. The molecule has 4 rings (SSSR count). The first-order valence-corrected chi connectivity index (χ1v) is 10.1. The number of fused-ring (bicyclic) bond motifs is 3. The van der Waals surface area contributed by atoms with Gasteiger partial charge in [0.1, 0.15) is 6.61 Å². The average Bonchev–Trinajstić information content (AvgIpc) is 3.14. The lowest BCUT2D eigenvalue weighted by atomic mass is 9.98. The van der Waals surface area contributed by atoms with Crippen molar-refractivity contribution in [2.45, 2.75) is 5.92 Å². The molecule has 0 saturated carbocycles. The van der Waals surface area contributed by atoms with Crippen molar-refractivity contribution in [3.8, 4) is 11.1 Å². The van der Waals surface area contributed by atoms with Gasteiger partial charge < -0.3 is 10.1 Å². The summed E-state index contributed by atoms with van der Waals surface area (Å²) in [4.78, 5) is 33.5. The Morgan fingerprint density at radius 1 is 1.03 bits per heavy atom. The van der Waals surface area contributed by atoms with Crippen molar-refractivity contribution in [2.24, 2.45) is 0 Å². The van der Waals surface area contributed by atoms with Crippen molar-refractivity contribution < 1.29 is 19.2 Å². The third-order valence-electron chi connectivity index (χ3n) is 5.40. The Morgan fingerprint density at radius 2 is 1.69 bits per heavy atom. The summed E-state index contributed by atoms with van der Waals surface area (Å²) in [7, 11) is 0. The minimum atomic E-state index is -0.601. The van der Waals surface area contributed by atoms with Crippen LogP contribution in [0.15, 0.2) is 72.8 Å². The first kappa shape index (κ1) is 21.0. The molecule has 1 N–H and O–H groups in total. The molecule has 0 aliphatic heterocycles. The number of ether oxygens (including phenoxy) is 1. The highest BCUT2D eigenvalue weighted by Crippen LogP contribution is 2.44. The number of benzene rings is 3. The van der Waals surface area contributed by atoms with Gasteiger partial charge in [-0.3, -0.25) is 14.9 Å². The van der Waals surface area contributed by atoms with Crippen LogP contribution in [0.4, 0.5) is 10.5 Å². The number of nitrogens with zero attached hydrogens (tertiary/aromatic N) is 1. The number of rotatable bonds is 7. The Kier molecular flexibility index (Phi) is 6.07. The van der Waals surface area contributed by atoms with Gasteiger partial charge in [-0.1, -0.05) is 66.7 Å². The lowest BCUT2D eigenvalue weighted by Crippen LogP contribution is -2.26. The lowest BCUT2D eigenvalue weighted by molar-refractivity contribution is -0.385. The number of hydrogen-bond acceptors (Lipinski definition) is 5. The number of nitrogens with one attached hydrogen (secondary N) is 1. The molecular weight excluding hydrogens is 408 g/mol. The number of nitro benzene ring substituents is 1. The standard InChI is InChI=1S/C25H20N2O5/c28-15-18-12-11-17(14-24(18)27(30)31)6-5-13-26-25(29)32-16-23-21-9-3-1-7-19(21)20-8-2-4-10-22(20)23/h1-12,14-15,23H,13,16H2,(H,26,29). The molecule has 0 heterocycles. The molecule has 160 valence electrons.